The summed E-state index contributed by atoms with van der Waals surface area (Å²) in [7, 11) is 0. The van der Waals surface area contributed by atoms with Gasteiger partial charge in [-0.1, -0.05) is 0 Å². The smallest absolute Gasteiger partial charge is 0.410 e. The Bertz CT molecular complexity index is 727. The van der Waals surface area contributed by atoms with Crippen molar-refractivity contribution in [2.24, 2.45) is 0 Å². The van der Waals surface area contributed by atoms with E-state index in [0.29, 0.717) is 12.6 Å². The fourth-order valence-electron chi connectivity index (χ4n) is 4.34. The van der Waals surface area contributed by atoms with E-state index >= 15 is 0 Å². The second-order valence-corrected chi connectivity index (χ2v) is 6.49. The van der Waals surface area contributed by atoms with Crippen molar-refractivity contribution in [3.8, 4) is 0 Å². The minimum Gasteiger partial charge on any atom is -0.450 e. The molecule has 0 spiro atoms. The summed E-state index contributed by atoms with van der Waals surface area (Å²) in [5.41, 5.74) is 1.91. The highest BCUT2D eigenvalue weighted by molar-refractivity contribution is 5.71. The molecule has 3 atom stereocenters. The average Bonchev–Trinajstić information content (AvgIpc) is 3.01. The molecule has 4 heterocycles. The number of ether oxygens (including phenoxy) is 1. The number of carbonyl (C=O) groups is 1. The highest BCUT2D eigenvalue weighted by atomic mass is 16.6. The van der Waals surface area contributed by atoms with Crippen molar-refractivity contribution in [1.29, 1.82) is 0 Å². The number of fused-ring (bicyclic) bond motifs is 3. The molecule has 2 aliphatic rings. The molecular formula is C17H22N4O2. The van der Waals surface area contributed by atoms with Gasteiger partial charge in [-0.3, -0.25) is 0 Å². The highest BCUT2D eigenvalue weighted by Crippen LogP contribution is 2.42. The van der Waals surface area contributed by atoms with Crippen LogP contribution in [-0.2, 0) is 4.74 Å². The number of imidazole rings is 1. The molecule has 2 aromatic heterocycles. The number of amides is 1. The molecule has 2 aliphatic heterocycles. The van der Waals surface area contributed by atoms with E-state index in [9.17, 15) is 4.79 Å². The number of carbonyl (C=O) groups excluding carboxylic acids is 1. The SMILES string of the molecule is CCOC(=O)N1[C@@H]2CC[C@H]1CC(n1c(C)nc3cccnc31)C2. The van der Waals surface area contributed by atoms with E-state index in [0.717, 1.165) is 42.7 Å². The van der Waals surface area contributed by atoms with E-state index in [1.165, 1.54) is 0 Å². The fourth-order valence-corrected chi connectivity index (χ4v) is 4.34. The van der Waals surface area contributed by atoms with Crippen LogP contribution >= 0.6 is 0 Å². The first-order chi connectivity index (χ1) is 11.2. The number of aryl methyl sites for hydroxylation is 1. The minimum absolute atomic E-state index is 0.149. The van der Waals surface area contributed by atoms with Gasteiger partial charge in [-0.15, -0.1) is 0 Å². The standard InChI is InChI=1S/C17H22N4O2/c1-3-23-17(22)21-12-6-7-13(21)10-14(9-12)20-11(2)19-15-5-4-8-18-16(15)20/h4-5,8,12-14H,3,6-7,9-10H2,1-2H3/t12-,13+,14?. The minimum atomic E-state index is -0.149. The lowest BCUT2D eigenvalue weighted by Gasteiger charge is -2.38. The predicted octanol–water partition coefficient (Wildman–Crippen LogP) is 3.06. The van der Waals surface area contributed by atoms with Crippen LogP contribution in [0.5, 0.6) is 0 Å². The molecule has 0 radical (unpaired) electrons. The van der Waals surface area contributed by atoms with Crippen molar-refractivity contribution < 1.29 is 9.53 Å². The summed E-state index contributed by atoms with van der Waals surface area (Å²) < 4.78 is 7.50. The van der Waals surface area contributed by atoms with Gasteiger partial charge in [-0.2, -0.15) is 0 Å². The molecule has 1 amide bonds. The Labute approximate surface area is 135 Å². The van der Waals surface area contributed by atoms with E-state index in [-0.39, 0.29) is 18.2 Å². The van der Waals surface area contributed by atoms with Crippen LogP contribution in [0.25, 0.3) is 11.2 Å². The lowest BCUT2D eigenvalue weighted by Crippen LogP contribution is -2.47. The summed E-state index contributed by atoms with van der Waals surface area (Å²) in [4.78, 5) is 23.3. The zero-order valence-corrected chi connectivity index (χ0v) is 13.6. The summed E-state index contributed by atoms with van der Waals surface area (Å²) >= 11 is 0. The second kappa shape index (κ2) is 5.51. The summed E-state index contributed by atoms with van der Waals surface area (Å²) in [5, 5.41) is 0. The van der Waals surface area contributed by atoms with E-state index in [4.69, 9.17) is 4.74 Å². The van der Waals surface area contributed by atoms with Crippen LogP contribution in [0.15, 0.2) is 18.3 Å². The number of rotatable bonds is 2. The maximum Gasteiger partial charge on any atom is 0.410 e. The molecule has 1 unspecified atom stereocenters. The quantitative estimate of drug-likeness (QED) is 0.855. The van der Waals surface area contributed by atoms with Crippen LogP contribution < -0.4 is 0 Å². The van der Waals surface area contributed by atoms with Gasteiger partial charge in [-0.25, -0.2) is 14.8 Å². The molecule has 4 rings (SSSR count). The summed E-state index contributed by atoms with van der Waals surface area (Å²) in [6, 6.07) is 4.84. The molecule has 0 N–H and O–H groups in total. The maximum absolute atomic E-state index is 12.2. The van der Waals surface area contributed by atoms with Gasteiger partial charge < -0.3 is 14.2 Å². The molecule has 0 saturated carbocycles. The van der Waals surface area contributed by atoms with Crippen LogP contribution in [0.4, 0.5) is 4.79 Å². The number of hydrogen-bond donors (Lipinski definition) is 0. The Morgan fingerprint density at radius 2 is 2.04 bits per heavy atom. The largest absolute Gasteiger partial charge is 0.450 e. The van der Waals surface area contributed by atoms with E-state index in [1.807, 2.05) is 37.1 Å². The molecule has 2 fully saturated rings. The summed E-state index contributed by atoms with van der Waals surface area (Å²) in [6.45, 7) is 4.34. The first-order valence-corrected chi connectivity index (χ1v) is 8.43. The van der Waals surface area contributed by atoms with Gasteiger partial charge in [0.1, 0.15) is 11.3 Å². The molecule has 23 heavy (non-hydrogen) atoms. The Kier molecular flexibility index (Phi) is 3.47. The summed E-state index contributed by atoms with van der Waals surface area (Å²) in [6.07, 6.45) is 5.72. The number of hydrogen-bond acceptors (Lipinski definition) is 4. The molecule has 2 bridgehead atoms. The van der Waals surface area contributed by atoms with E-state index in [2.05, 4.69) is 14.5 Å². The zero-order valence-electron chi connectivity index (χ0n) is 13.6. The van der Waals surface area contributed by atoms with Crippen molar-refractivity contribution in [3.05, 3.63) is 24.2 Å². The van der Waals surface area contributed by atoms with E-state index < -0.39 is 0 Å². The van der Waals surface area contributed by atoms with Crippen LogP contribution in [0, 0.1) is 6.92 Å². The lowest BCUT2D eigenvalue weighted by molar-refractivity contribution is 0.0622. The Morgan fingerprint density at radius 1 is 1.30 bits per heavy atom. The van der Waals surface area contributed by atoms with Gasteiger partial charge in [0.15, 0.2) is 5.65 Å². The monoisotopic (exact) mass is 314 g/mol. The first-order valence-electron chi connectivity index (χ1n) is 8.43. The number of aromatic nitrogens is 3. The average molecular weight is 314 g/mol. The van der Waals surface area contributed by atoms with Crippen molar-refractivity contribution in [2.75, 3.05) is 6.61 Å². The first kappa shape index (κ1) is 14.5. The fraction of sp³-hybridized carbons (Fsp3) is 0.588. The van der Waals surface area contributed by atoms with Crippen LogP contribution in [0.3, 0.4) is 0 Å². The van der Waals surface area contributed by atoms with Gasteiger partial charge in [0.05, 0.1) is 6.61 Å². The molecule has 2 saturated heterocycles. The maximum atomic E-state index is 12.2. The highest BCUT2D eigenvalue weighted by Gasteiger charge is 2.45. The Hall–Kier alpha value is -2.11. The summed E-state index contributed by atoms with van der Waals surface area (Å²) in [5.74, 6) is 1.01. The van der Waals surface area contributed by atoms with Gasteiger partial charge in [-0.05, 0) is 51.7 Å². The Morgan fingerprint density at radius 3 is 2.74 bits per heavy atom. The molecule has 0 aromatic carbocycles. The molecule has 0 aliphatic carbocycles. The third-order valence-corrected chi connectivity index (χ3v) is 5.18. The molecular weight excluding hydrogens is 292 g/mol. The third-order valence-electron chi connectivity index (χ3n) is 5.18. The van der Waals surface area contributed by atoms with Gasteiger partial charge >= 0.3 is 6.09 Å². The lowest BCUT2D eigenvalue weighted by atomic mass is 9.97. The van der Waals surface area contributed by atoms with Crippen LogP contribution in [-0.4, -0.2) is 44.2 Å². The number of nitrogens with zero attached hydrogens (tertiary/aromatic N) is 4. The van der Waals surface area contributed by atoms with Gasteiger partial charge in [0, 0.05) is 24.3 Å². The zero-order chi connectivity index (χ0) is 16.0. The van der Waals surface area contributed by atoms with Gasteiger partial charge in [0.2, 0.25) is 0 Å². The molecule has 6 heteroatoms. The van der Waals surface area contributed by atoms with E-state index in [1.54, 1.807) is 0 Å². The topological polar surface area (TPSA) is 60.2 Å². The number of piperidine rings is 1. The van der Waals surface area contributed by atoms with Crippen LogP contribution in [0.1, 0.15) is 44.5 Å². The normalized spacial score (nSPS) is 26.7. The second-order valence-electron chi connectivity index (χ2n) is 6.49. The van der Waals surface area contributed by atoms with Crippen LogP contribution in [0.2, 0.25) is 0 Å². The molecule has 122 valence electrons. The van der Waals surface area contributed by atoms with Crippen molar-refractivity contribution in [3.63, 3.8) is 0 Å². The number of pyridine rings is 1. The van der Waals surface area contributed by atoms with Crippen molar-refractivity contribution in [2.45, 2.75) is 57.7 Å². The predicted molar refractivity (Wildman–Crippen MR) is 86.2 cm³/mol. The van der Waals surface area contributed by atoms with Crippen molar-refractivity contribution in [1.82, 2.24) is 19.4 Å². The third kappa shape index (κ3) is 2.28. The van der Waals surface area contributed by atoms with Crippen molar-refractivity contribution >= 4 is 17.3 Å². The Balaban J connectivity index is 1.63. The molecule has 2 aromatic rings. The van der Waals surface area contributed by atoms with Gasteiger partial charge in [0.25, 0.3) is 0 Å². The molecule has 6 nitrogen and oxygen atoms in total.